The molecule has 124 valence electrons. The molecule has 0 bridgehead atoms. The van der Waals surface area contributed by atoms with Gasteiger partial charge in [0, 0.05) is 38.3 Å². The summed E-state index contributed by atoms with van der Waals surface area (Å²) in [5.74, 6) is 2.14. The van der Waals surface area contributed by atoms with E-state index in [2.05, 4.69) is 31.6 Å². The normalized spacial score (nSPS) is 11.2. The summed E-state index contributed by atoms with van der Waals surface area (Å²) in [6, 6.07) is 3.83. The van der Waals surface area contributed by atoms with Gasteiger partial charge in [-0.1, -0.05) is 15.9 Å². The quantitative estimate of drug-likeness (QED) is 0.415. The molecule has 0 fully saturated rings. The maximum atomic E-state index is 5.32. The van der Waals surface area contributed by atoms with Crippen molar-refractivity contribution in [2.75, 3.05) is 41.5 Å². The van der Waals surface area contributed by atoms with E-state index in [1.807, 2.05) is 12.1 Å². The molecular weight excluding hydrogens is 350 g/mol. The van der Waals surface area contributed by atoms with Crippen molar-refractivity contribution in [2.45, 2.75) is 13.0 Å². The molecule has 0 heterocycles. The first-order valence-corrected chi connectivity index (χ1v) is 7.79. The first-order valence-electron chi connectivity index (χ1n) is 7.00. The molecule has 1 rings (SSSR count). The highest BCUT2D eigenvalue weighted by Gasteiger charge is 2.10. The second kappa shape index (κ2) is 10.3. The van der Waals surface area contributed by atoms with Gasteiger partial charge in [0.05, 0.1) is 14.2 Å². The van der Waals surface area contributed by atoms with Crippen LogP contribution in [0.3, 0.4) is 0 Å². The topological polar surface area (TPSA) is 64.1 Å². The molecule has 7 heteroatoms. The number of ether oxygens (including phenoxy) is 3. The molecule has 0 radical (unpaired) electrons. The van der Waals surface area contributed by atoms with E-state index in [1.54, 1.807) is 28.4 Å². The predicted octanol–water partition coefficient (Wildman–Crippen LogP) is 2.17. The number of halogens is 1. The van der Waals surface area contributed by atoms with Crippen LogP contribution >= 0.6 is 15.9 Å². The van der Waals surface area contributed by atoms with Crippen molar-refractivity contribution in [2.24, 2.45) is 4.99 Å². The number of guanidine groups is 1. The van der Waals surface area contributed by atoms with Crippen molar-refractivity contribution >= 4 is 21.9 Å². The molecule has 0 amide bonds. The van der Waals surface area contributed by atoms with Crippen LogP contribution in [-0.2, 0) is 11.3 Å². The Labute approximate surface area is 140 Å². The average molecular weight is 374 g/mol. The highest BCUT2D eigenvalue weighted by molar-refractivity contribution is 9.10. The van der Waals surface area contributed by atoms with Gasteiger partial charge in [-0.15, -0.1) is 0 Å². The lowest BCUT2D eigenvalue weighted by atomic mass is 10.2. The molecule has 1 aromatic rings. The number of rotatable bonds is 8. The SMILES string of the molecule is CN=C(NCCCOC)NCc1cc(OC)c(OC)cc1Br. The third-order valence-corrected chi connectivity index (χ3v) is 3.78. The van der Waals surface area contributed by atoms with Crippen molar-refractivity contribution in [1.82, 2.24) is 10.6 Å². The molecule has 0 unspecified atom stereocenters. The summed E-state index contributed by atoms with van der Waals surface area (Å²) >= 11 is 3.54. The first-order chi connectivity index (χ1) is 10.7. The van der Waals surface area contributed by atoms with Crippen LogP contribution in [-0.4, -0.2) is 47.5 Å². The summed E-state index contributed by atoms with van der Waals surface area (Å²) in [4.78, 5) is 4.19. The van der Waals surface area contributed by atoms with Crippen molar-refractivity contribution < 1.29 is 14.2 Å². The first kappa shape index (κ1) is 18.6. The Balaban J connectivity index is 2.62. The van der Waals surface area contributed by atoms with Crippen LogP contribution in [0.4, 0.5) is 0 Å². The number of benzene rings is 1. The van der Waals surface area contributed by atoms with Gasteiger partial charge in [0.1, 0.15) is 0 Å². The number of aliphatic imine (C=N–C) groups is 1. The minimum absolute atomic E-state index is 0.616. The fraction of sp³-hybridized carbons (Fsp3) is 0.533. The fourth-order valence-electron chi connectivity index (χ4n) is 1.85. The summed E-state index contributed by atoms with van der Waals surface area (Å²) in [7, 11) is 6.68. The lowest BCUT2D eigenvalue weighted by molar-refractivity contribution is 0.195. The Morgan fingerprint density at radius 2 is 1.82 bits per heavy atom. The minimum Gasteiger partial charge on any atom is -0.493 e. The molecule has 0 aromatic heterocycles. The molecule has 0 aliphatic heterocycles. The van der Waals surface area contributed by atoms with E-state index in [0.717, 1.165) is 35.6 Å². The minimum atomic E-state index is 0.616. The number of hydrogen-bond acceptors (Lipinski definition) is 4. The van der Waals surface area contributed by atoms with Crippen LogP contribution in [0.15, 0.2) is 21.6 Å². The van der Waals surface area contributed by atoms with Crippen molar-refractivity contribution in [1.29, 1.82) is 0 Å². The fourth-order valence-corrected chi connectivity index (χ4v) is 2.32. The van der Waals surface area contributed by atoms with E-state index in [0.29, 0.717) is 18.0 Å². The van der Waals surface area contributed by atoms with Gasteiger partial charge < -0.3 is 24.8 Å². The van der Waals surface area contributed by atoms with Crippen molar-refractivity contribution in [3.8, 4) is 11.5 Å². The molecule has 22 heavy (non-hydrogen) atoms. The lowest BCUT2D eigenvalue weighted by Crippen LogP contribution is -2.37. The van der Waals surface area contributed by atoms with Gasteiger partial charge in [0.2, 0.25) is 0 Å². The van der Waals surface area contributed by atoms with E-state index in [4.69, 9.17) is 14.2 Å². The van der Waals surface area contributed by atoms with E-state index < -0.39 is 0 Å². The largest absolute Gasteiger partial charge is 0.493 e. The zero-order chi connectivity index (χ0) is 16.4. The van der Waals surface area contributed by atoms with Gasteiger partial charge in [0.25, 0.3) is 0 Å². The Bertz CT molecular complexity index is 495. The van der Waals surface area contributed by atoms with Crippen LogP contribution in [0.2, 0.25) is 0 Å². The maximum absolute atomic E-state index is 5.32. The predicted molar refractivity (Wildman–Crippen MR) is 91.9 cm³/mol. The summed E-state index contributed by atoms with van der Waals surface area (Å²) in [6.07, 6.45) is 0.928. The zero-order valence-electron chi connectivity index (χ0n) is 13.5. The van der Waals surface area contributed by atoms with Crippen LogP contribution < -0.4 is 20.1 Å². The van der Waals surface area contributed by atoms with E-state index >= 15 is 0 Å². The van der Waals surface area contributed by atoms with Crippen molar-refractivity contribution in [3.63, 3.8) is 0 Å². The summed E-state index contributed by atoms with van der Waals surface area (Å²) in [6.45, 7) is 2.15. The number of hydrogen-bond donors (Lipinski definition) is 2. The van der Waals surface area contributed by atoms with E-state index in [9.17, 15) is 0 Å². The maximum Gasteiger partial charge on any atom is 0.191 e. The molecule has 0 saturated carbocycles. The average Bonchev–Trinajstić information content (AvgIpc) is 2.54. The van der Waals surface area contributed by atoms with Gasteiger partial charge in [-0.2, -0.15) is 0 Å². The lowest BCUT2D eigenvalue weighted by Gasteiger charge is -2.15. The molecule has 0 saturated heterocycles. The number of nitrogens with zero attached hydrogens (tertiary/aromatic N) is 1. The van der Waals surface area contributed by atoms with Crippen LogP contribution in [0.25, 0.3) is 0 Å². The Morgan fingerprint density at radius 1 is 1.14 bits per heavy atom. The second-order valence-electron chi connectivity index (χ2n) is 4.50. The molecule has 1 aromatic carbocycles. The summed E-state index contributed by atoms with van der Waals surface area (Å²) in [5.41, 5.74) is 1.05. The molecule has 2 N–H and O–H groups in total. The van der Waals surface area contributed by atoms with Crippen LogP contribution in [0, 0.1) is 0 Å². The Hall–Kier alpha value is -1.47. The van der Waals surface area contributed by atoms with Gasteiger partial charge in [-0.05, 0) is 24.1 Å². The summed E-state index contributed by atoms with van der Waals surface area (Å²) < 4.78 is 16.6. The third kappa shape index (κ3) is 5.73. The highest BCUT2D eigenvalue weighted by atomic mass is 79.9. The summed E-state index contributed by atoms with van der Waals surface area (Å²) in [5, 5.41) is 6.50. The number of methoxy groups -OCH3 is 3. The second-order valence-corrected chi connectivity index (χ2v) is 5.35. The molecule has 6 nitrogen and oxygen atoms in total. The van der Waals surface area contributed by atoms with Gasteiger partial charge in [-0.3, -0.25) is 4.99 Å². The molecule has 0 spiro atoms. The molecule has 0 aliphatic rings. The van der Waals surface area contributed by atoms with Crippen LogP contribution in [0.5, 0.6) is 11.5 Å². The van der Waals surface area contributed by atoms with E-state index in [1.165, 1.54) is 0 Å². The van der Waals surface area contributed by atoms with E-state index in [-0.39, 0.29) is 0 Å². The highest BCUT2D eigenvalue weighted by Crippen LogP contribution is 2.33. The molecular formula is C15H24BrN3O3. The van der Waals surface area contributed by atoms with Crippen LogP contribution in [0.1, 0.15) is 12.0 Å². The van der Waals surface area contributed by atoms with Gasteiger partial charge in [0.15, 0.2) is 17.5 Å². The monoisotopic (exact) mass is 373 g/mol. The van der Waals surface area contributed by atoms with Gasteiger partial charge in [-0.25, -0.2) is 0 Å². The van der Waals surface area contributed by atoms with Gasteiger partial charge >= 0.3 is 0 Å². The third-order valence-electron chi connectivity index (χ3n) is 3.04. The smallest absolute Gasteiger partial charge is 0.191 e. The standard InChI is InChI=1S/C15H24BrN3O3/c1-17-15(18-6-5-7-20-2)19-10-11-8-13(21-3)14(22-4)9-12(11)16/h8-9H,5-7,10H2,1-4H3,(H2,17,18,19). The van der Waals surface area contributed by atoms with Crippen molar-refractivity contribution in [3.05, 3.63) is 22.2 Å². The zero-order valence-corrected chi connectivity index (χ0v) is 15.1. The Morgan fingerprint density at radius 3 is 2.41 bits per heavy atom. The molecule has 0 aliphatic carbocycles. The number of nitrogens with one attached hydrogen (secondary N) is 2. The Kier molecular flexibility index (Phi) is 8.69. The molecule has 0 atom stereocenters.